The lowest BCUT2D eigenvalue weighted by Gasteiger charge is -2.43. The Hall–Kier alpha value is -1.53. The van der Waals surface area contributed by atoms with E-state index < -0.39 is 0 Å². The summed E-state index contributed by atoms with van der Waals surface area (Å²) >= 11 is 1.57. The second kappa shape index (κ2) is 6.71. The summed E-state index contributed by atoms with van der Waals surface area (Å²) in [6.45, 7) is 5.68. The Morgan fingerprint density at radius 1 is 1.32 bits per heavy atom. The average molecular weight is 319 g/mol. The van der Waals surface area contributed by atoms with Gasteiger partial charge in [-0.15, -0.1) is 11.8 Å². The lowest BCUT2D eigenvalue weighted by Crippen LogP contribution is -2.64. The van der Waals surface area contributed by atoms with Crippen LogP contribution in [0.5, 0.6) is 0 Å². The van der Waals surface area contributed by atoms with Crippen molar-refractivity contribution in [1.29, 1.82) is 0 Å². The zero-order chi connectivity index (χ0) is 15.5. The third-order valence-corrected chi connectivity index (χ3v) is 5.45. The minimum atomic E-state index is -0.171. The minimum absolute atomic E-state index is 0.0512. The van der Waals surface area contributed by atoms with Crippen molar-refractivity contribution in [3.63, 3.8) is 0 Å². The van der Waals surface area contributed by atoms with Crippen LogP contribution in [0.25, 0.3) is 0 Å². The van der Waals surface area contributed by atoms with E-state index in [1.807, 2.05) is 23.1 Å². The maximum atomic E-state index is 12.4. The topological polar surface area (TPSA) is 52.7 Å². The van der Waals surface area contributed by atoms with E-state index in [1.54, 1.807) is 11.8 Å². The van der Waals surface area contributed by atoms with E-state index >= 15 is 0 Å². The highest BCUT2D eigenvalue weighted by atomic mass is 32.2. The lowest BCUT2D eigenvalue weighted by molar-refractivity contribution is -0.138. The van der Waals surface area contributed by atoms with Gasteiger partial charge in [-0.05, 0) is 18.6 Å². The summed E-state index contributed by atoms with van der Waals surface area (Å²) in [5.74, 6) is 0.598. The van der Waals surface area contributed by atoms with Gasteiger partial charge in [0.15, 0.2) is 0 Å². The molecule has 0 saturated carbocycles. The van der Waals surface area contributed by atoms with Crippen LogP contribution >= 0.6 is 11.8 Å². The van der Waals surface area contributed by atoms with Crippen LogP contribution in [0.3, 0.4) is 0 Å². The first-order chi connectivity index (χ1) is 10.6. The molecule has 1 N–H and O–H groups in total. The maximum Gasteiger partial charge on any atom is 0.239 e. The van der Waals surface area contributed by atoms with Crippen molar-refractivity contribution in [1.82, 2.24) is 15.1 Å². The molecule has 0 aliphatic carbocycles. The number of hydrogen-bond acceptors (Lipinski definition) is 4. The first-order valence-corrected chi connectivity index (χ1v) is 8.61. The summed E-state index contributed by atoms with van der Waals surface area (Å²) in [4.78, 5) is 29.5. The Morgan fingerprint density at radius 3 is 2.95 bits per heavy atom. The number of carbonyl (C=O) groups is 2. The summed E-state index contributed by atoms with van der Waals surface area (Å²) in [6.07, 6.45) is 0. The van der Waals surface area contributed by atoms with E-state index in [0.717, 1.165) is 24.5 Å². The fourth-order valence-electron chi connectivity index (χ4n) is 2.95. The zero-order valence-corrected chi connectivity index (χ0v) is 13.6. The van der Waals surface area contributed by atoms with E-state index in [-0.39, 0.29) is 17.9 Å². The van der Waals surface area contributed by atoms with Crippen molar-refractivity contribution in [2.24, 2.45) is 0 Å². The molecule has 6 heteroatoms. The second-order valence-electron chi connectivity index (χ2n) is 5.74. The van der Waals surface area contributed by atoms with Crippen LogP contribution in [0.4, 0.5) is 0 Å². The van der Waals surface area contributed by atoms with E-state index in [4.69, 9.17) is 0 Å². The number of benzene rings is 1. The molecule has 2 heterocycles. The molecule has 2 fully saturated rings. The first kappa shape index (κ1) is 15.4. The van der Waals surface area contributed by atoms with Crippen LogP contribution < -0.4 is 5.32 Å². The Kier molecular flexibility index (Phi) is 4.69. The number of amides is 2. The minimum Gasteiger partial charge on any atom is -0.353 e. The van der Waals surface area contributed by atoms with Gasteiger partial charge in [-0.1, -0.05) is 18.2 Å². The van der Waals surface area contributed by atoms with Gasteiger partial charge in [0.1, 0.15) is 6.04 Å². The van der Waals surface area contributed by atoms with Gasteiger partial charge in [-0.2, -0.15) is 0 Å². The Balaban J connectivity index is 1.57. The van der Waals surface area contributed by atoms with Gasteiger partial charge in [-0.25, -0.2) is 0 Å². The number of nitrogens with one attached hydrogen (secondary N) is 1. The third-order valence-electron chi connectivity index (χ3n) is 4.29. The van der Waals surface area contributed by atoms with Crippen molar-refractivity contribution in [3.8, 4) is 0 Å². The monoisotopic (exact) mass is 319 g/mol. The molecule has 0 spiro atoms. The van der Waals surface area contributed by atoms with Crippen molar-refractivity contribution < 1.29 is 9.59 Å². The Labute approximate surface area is 135 Å². The standard InChI is InChI=1S/C16H21N3O2S/c1-12-4-2-3-5-14(12)22-11-15(20)19-9-8-18-7-6-17-16(21)13(18)10-19/h2-5,13H,6-11H2,1H3,(H,17,21). The molecule has 1 atom stereocenters. The fourth-order valence-corrected chi connectivity index (χ4v) is 3.89. The average Bonchev–Trinajstić information content (AvgIpc) is 2.54. The van der Waals surface area contributed by atoms with E-state index in [9.17, 15) is 9.59 Å². The molecule has 118 valence electrons. The Morgan fingerprint density at radius 2 is 2.14 bits per heavy atom. The fraction of sp³-hybridized carbons (Fsp3) is 0.500. The maximum absolute atomic E-state index is 12.4. The number of nitrogens with zero attached hydrogens (tertiary/aromatic N) is 2. The largest absolute Gasteiger partial charge is 0.353 e. The molecule has 0 bridgehead atoms. The molecular weight excluding hydrogens is 298 g/mol. The molecule has 1 aromatic rings. The normalized spacial score (nSPS) is 22.1. The highest BCUT2D eigenvalue weighted by molar-refractivity contribution is 8.00. The number of piperazine rings is 2. The molecule has 2 aliphatic rings. The summed E-state index contributed by atoms with van der Waals surface area (Å²) in [6, 6.07) is 7.92. The number of carbonyl (C=O) groups excluding carboxylic acids is 2. The van der Waals surface area contributed by atoms with Gasteiger partial charge in [0.2, 0.25) is 11.8 Å². The van der Waals surface area contributed by atoms with E-state index in [1.165, 1.54) is 5.56 Å². The van der Waals surface area contributed by atoms with Crippen LogP contribution in [-0.2, 0) is 9.59 Å². The highest BCUT2D eigenvalue weighted by Crippen LogP contribution is 2.22. The molecule has 2 amide bonds. The molecule has 5 nitrogen and oxygen atoms in total. The van der Waals surface area contributed by atoms with Gasteiger partial charge in [0, 0.05) is 37.6 Å². The molecule has 0 aromatic heterocycles. The number of thioether (sulfide) groups is 1. The van der Waals surface area contributed by atoms with E-state index in [2.05, 4.69) is 23.2 Å². The van der Waals surface area contributed by atoms with Crippen LogP contribution in [0.15, 0.2) is 29.2 Å². The van der Waals surface area contributed by atoms with Gasteiger partial charge in [-0.3, -0.25) is 14.5 Å². The number of aryl methyl sites for hydroxylation is 1. The zero-order valence-electron chi connectivity index (χ0n) is 12.7. The summed E-state index contributed by atoms with van der Waals surface area (Å²) < 4.78 is 0. The smallest absolute Gasteiger partial charge is 0.239 e. The Bertz CT molecular complexity index is 578. The van der Waals surface area contributed by atoms with Crippen molar-refractivity contribution >= 4 is 23.6 Å². The molecule has 1 aromatic carbocycles. The van der Waals surface area contributed by atoms with Crippen LogP contribution in [0.1, 0.15) is 5.56 Å². The quantitative estimate of drug-likeness (QED) is 0.835. The predicted octanol–water partition coefficient (Wildman–Crippen LogP) is 0.730. The lowest BCUT2D eigenvalue weighted by atomic mass is 10.1. The van der Waals surface area contributed by atoms with Crippen molar-refractivity contribution in [2.75, 3.05) is 38.5 Å². The van der Waals surface area contributed by atoms with Crippen molar-refractivity contribution in [2.45, 2.75) is 17.9 Å². The van der Waals surface area contributed by atoms with Gasteiger partial charge in [0.25, 0.3) is 0 Å². The van der Waals surface area contributed by atoms with Crippen LogP contribution in [0.2, 0.25) is 0 Å². The third kappa shape index (κ3) is 3.28. The molecule has 1 unspecified atom stereocenters. The molecule has 2 saturated heterocycles. The second-order valence-corrected chi connectivity index (χ2v) is 6.75. The molecule has 2 aliphatic heterocycles. The van der Waals surface area contributed by atoms with E-state index in [0.29, 0.717) is 18.8 Å². The SMILES string of the molecule is Cc1ccccc1SCC(=O)N1CCN2CCNC(=O)C2C1. The van der Waals surface area contributed by atoms with Gasteiger partial charge in [0.05, 0.1) is 5.75 Å². The summed E-state index contributed by atoms with van der Waals surface area (Å²) in [7, 11) is 0. The van der Waals surface area contributed by atoms with Gasteiger partial charge >= 0.3 is 0 Å². The highest BCUT2D eigenvalue weighted by Gasteiger charge is 2.36. The molecule has 22 heavy (non-hydrogen) atoms. The van der Waals surface area contributed by atoms with Crippen LogP contribution in [-0.4, -0.2) is 66.1 Å². The summed E-state index contributed by atoms with van der Waals surface area (Å²) in [5, 5.41) is 2.88. The number of fused-ring (bicyclic) bond motifs is 1. The predicted molar refractivity (Wildman–Crippen MR) is 86.9 cm³/mol. The molecule has 3 rings (SSSR count). The van der Waals surface area contributed by atoms with Crippen molar-refractivity contribution in [3.05, 3.63) is 29.8 Å². The van der Waals surface area contributed by atoms with Crippen LogP contribution in [0, 0.1) is 6.92 Å². The summed E-state index contributed by atoms with van der Waals surface area (Å²) in [5.41, 5.74) is 1.19. The number of hydrogen-bond donors (Lipinski definition) is 1. The number of rotatable bonds is 3. The molecule has 0 radical (unpaired) electrons. The van der Waals surface area contributed by atoms with Gasteiger partial charge < -0.3 is 10.2 Å². The molecular formula is C16H21N3O2S. The first-order valence-electron chi connectivity index (χ1n) is 7.63.